The molecule has 0 aliphatic rings. The second-order valence-corrected chi connectivity index (χ2v) is 1.42. The topological polar surface area (TPSA) is 9.23 Å². The quantitative estimate of drug-likeness (QED) is 0.458. The molecule has 2 heteroatoms. The van der Waals surface area contributed by atoms with E-state index < -0.39 is 6.17 Å². The molecule has 0 bridgehead atoms. The number of methoxy groups -OCH3 is 1. The summed E-state index contributed by atoms with van der Waals surface area (Å²) in [7, 11) is 3.25. The Balaban J connectivity index is 0. The smallest absolute Gasteiger partial charge is 0.0945 e. The number of rotatable bonds is 0. The molecule has 0 radical (unpaired) electrons. The van der Waals surface area contributed by atoms with Crippen molar-refractivity contribution in [2.75, 3.05) is 14.2 Å². The van der Waals surface area contributed by atoms with Crippen molar-refractivity contribution in [3.8, 4) is 0 Å². The summed E-state index contributed by atoms with van der Waals surface area (Å²) in [4.78, 5) is 0. The molecule has 0 amide bonds. The summed E-state index contributed by atoms with van der Waals surface area (Å²) in [5, 5.41) is 0. The third-order valence-electron chi connectivity index (χ3n) is 0. The first kappa shape index (κ1) is 10.00. The normalized spacial score (nSPS) is 7.71. The van der Waals surface area contributed by atoms with Crippen LogP contribution in [0.1, 0.15) is 13.8 Å². The summed E-state index contributed by atoms with van der Waals surface area (Å²) >= 11 is 0. The van der Waals surface area contributed by atoms with E-state index in [4.69, 9.17) is 0 Å². The van der Waals surface area contributed by atoms with Crippen LogP contribution in [0.2, 0.25) is 0 Å². The lowest BCUT2D eigenvalue weighted by molar-refractivity contribution is 0.277. The van der Waals surface area contributed by atoms with Crippen molar-refractivity contribution in [3.63, 3.8) is 0 Å². The molecule has 0 aliphatic carbocycles. The molecule has 0 aromatic carbocycles. The highest BCUT2D eigenvalue weighted by atomic mass is 19.1. The Bertz CT molecular complexity index is 19.3. The first-order valence-electron chi connectivity index (χ1n) is 2.19. The fourth-order valence-corrected chi connectivity index (χ4v) is 0. The Morgan fingerprint density at radius 2 is 1.29 bits per heavy atom. The minimum Gasteiger partial charge on any atom is -0.388 e. The van der Waals surface area contributed by atoms with Crippen LogP contribution >= 0.6 is 0 Å². The molecule has 0 rings (SSSR count). The van der Waals surface area contributed by atoms with Gasteiger partial charge in [-0.3, -0.25) is 0 Å². The van der Waals surface area contributed by atoms with Crippen molar-refractivity contribution >= 4 is 0 Å². The Labute approximate surface area is 44.5 Å². The number of halogens is 1. The van der Waals surface area contributed by atoms with Crippen LogP contribution in [0.25, 0.3) is 0 Å². The van der Waals surface area contributed by atoms with Gasteiger partial charge in [-0.2, -0.15) is 0 Å². The minimum atomic E-state index is -0.667. The van der Waals surface area contributed by atoms with Crippen LogP contribution in [0.3, 0.4) is 0 Å². The second kappa shape index (κ2) is 9.31. The lowest BCUT2D eigenvalue weighted by atomic mass is 10.5. The fraction of sp³-hybridized carbons (Fsp3) is 1.00. The van der Waals surface area contributed by atoms with Crippen molar-refractivity contribution < 1.29 is 9.13 Å². The van der Waals surface area contributed by atoms with Gasteiger partial charge >= 0.3 is 0 Å². The molecule has 0 aromatic heterocycles. The van der Waals surface area contributed by atoms with Crippen LogP contribution in [0.4, 0.5) is 4.39 Å². The van der Waals surface area contributed by atoms with Crippen LogP contribution in [0, 0.1) is 0 Å². The highest BCUT2D eigenvalue weighted by molar-refractivity contribution is 4.22. The van der Waals surface area contributed by atoms with Gasteiger partial charge in [0.05, 0.1) is 6.17 Å². The van der Waals surface area contributed by atoms with Gasteiger partial charge in [0, 0.05) is 14.2 Å². The third-order valence-corrected chi connectivity index (χ3v) is 0. The maximum Gasteiger partial charge on any atom is 0.0945 e. The first-order chi connectivity index (χ1) is 3.15. The van der Waals surface area contributed by atoms with E-state index in [1.807, 2.05) is 0 Å². The predicted molar refractivity (Wildman–Crippen MR) is 29.2 cm³/mol. The van der Waals surface area contributed by atoms with E-state index in [0.717, 1.165) is 0 Å². The van der Waals surface area contributed by atoms with E-state index >= 15 is 0 Å². The zero-order valence-corrected chi connectivity index (χ0v) is 5.36. The molecule has 1 nitrogen and oxygen atoms in total. The minimum absolute atomic E-state index is 0.667. The summed E-state index contributed by atoms with van der Waals surface area (Å²) in [5.41, 5.74) is 0. The van der Waals surface area contributed by atoms with Crippen molar-refractivity contribution in [1.29, 1.82) is 0 Å². The predicted octanol–water partition coefficient (Wildman–Crippen LogP) is 1.63. The zero-order chi connectivity index (χ0) is 6.28. The SMILES string of the molecule is CC(C)F.COC. The van der Waals surface area contributed by atoms with Gasteiger partial charge < -0.3 is 4.74 Å². The molecule has 0 N–H and O–H groups in total. The lowest BCUT2D eigenvalue weighted by Crippen LogP contribution is -1.73. The van der Waals surface area contributed by atoms with E-state index in [9.17, 15) is 4.39 Å². The molecule has 0 saturated carbocycles. The zero-order valence-electron chi connectivity index (χ0n) is 5.36. The van der Waals surface area contributed by atoms with Crippen molar-refractivity contribution in [2.24, 2.45) is 0 Å². The molecule has 0 unspecified atom stereocenters. The molecule has 0 fully saturated rings. The summed E-state index contributed by atoms with van der Waals surface area (Å²) < 4.78 is 15.2. The summed E-state index contributed by atoms with van der Waals surface area (Å²) in [6, 6.07) is 0. The Morgan fingerprint density at radius 1 is 1.29 bits per heavy atom. The highest BCUT2D eigenvalue weighted by Gasteiger charge is 1.73. The van der Waals surface area contributed by atoms with E-state index in [1.54, 1.807) is 14.2 Å². The standard InChI is InChI=1S/C3H7F.C2H6O/c1-3(2)4;1-3-2/h3H,1-2H3;1-2H3. The molecule has 0 saturated heterocycles. The van der Waals surface area contributed by atoms with Crippen LogP contribution in [0.15, 0.2) is 0 Å². The summed E-state index contributed by atoms with van der Waals surface area (Å²) in [5.74, 6) is 0. The largest absolute Gasteiger partial charge is 0.388 e. The van der Waals surface area contributed by atoms with E-state index in [-0.39, 0.29) is 0 Å². The van der Waals surface area contributed by atoms with Crippen molar-refractivity contribution in [1.82, 2.24) is 0 Å². The van der Waals surface area contributed by atoms with Crippen LogP contribution in [0.5, 0.6) is 0 Å². The van der Waals surface area contributed by atoms with Crippen LogP contribution < -0.4 is 0 Å². The fourth-order valence-electron chi connectivity index (χ4n) is 0. The van der Waals surface area contributed by atoms with Gasteiger partial charge in [-0.05, 0) is 13.8 Å². The van der Waals surface area contributed by atoms with Gasteiger partial charge in [0.25, 0.3) is 0 Å². The number of alkyl halides is 1. The van der Waals surface area contributed by atoms with Gasteiger partial charge in [0.2, 0.25) is 0 Å². The van der Waals surface area contributed by atoms with Gasteiger partial charge in [-0.25, -0.2) is 4.39 Å². The average Bonchev–Trinajstić information content (AvgIpc) is 1.33. The molecular weight excluding hydrogens is 95.1 g/mol. The Hall–Kier alpha value is -0.110. The van der Waals surface area contributed by atoms with Gasteiger partial charge in [0.1, 0.15) is 0 Å². The van der Waals surface area contributed by atoms with Crippen molar-refractivity contribution in [3.05, 3.63) is 0 Å². The molecule has 46 valence electrons. The highest BCUT2D eigenvalue weighted by Crippen LogP contribution is 1.77. The molecule has 0 heterocycles. The molecule has 0 aliphatic heterocycles. The van der Waals surface area contributed by atoms with Gasteiger partial charge in [-0.1, -0.05) is 0 Å². The maximum absolute atomic E-state index is 11.0. The lowest BCUT2D eigenvalue weighted by Gasteiger charge is -1.74. The Morgan fingerprint density at radius 3 is 1.29 bits per heavy atom. The Kier molecular flexibility index (Phi) is 13.3. The molecule has 0 spiro atoms. The number of ether oxygens (including phenoxy) is 1. The van der Waals surface area contributed by atoms with Gasteiger partial charge in [0.15, 0.2) is 0 Å². The monoisotopic (exact) mass is 108 g/mol. The molecule has 0 atom stereocenters. The van der Waals surface area contributed by atoms with Crippen LogP contribution in [-0.2, 0) is 4.74 Å². The van der Waals surface area contributed by atoms with E-state index in [2.05, 4.69) is 4.74 Å². The molecular formula is C5H13FO. The molecule has 0 aromatic rings. The summed E-state index contributed by atoms with van der Waals surface area (Å²) in [6.45, 7) is 3.00. The molecule has 7 heavy (non-hydrogen) atoms. The first-order valence-corrected chi connectivity index (χ1v) is 2.19. The third kappa shape index (κ3) is 7370. The second-order valence-electron chi connectivity index (χ2n) is 1.42. The number of hydrogen-bond donors (Lipinski definition) is 0. The maximum atomic E-state index is 11.0. The van der Waals surface area contributed by atoms with Crippen LogP contribution in [-0.4, -0.2) is 20.4 Å². The van der Waals surface area contributed by atoms with E-state index in [0.29, 0.717) is 0 Å². The van der Waals surface area contributed by atoms with Gasteiger partial charge in [-0.15, -0.1) is 0 Å². The van der Waals surface area contributed by atoms with Crippen molar-refractivity contribution in [2.45, 2.75) is 20.0 Å². The van der Waals surface area contributed by atoms with E-state index in [1.165, 1.54) is 13.8 Å². The number of hydrogen-bond acceptors (Lipinski definition) is 1. The summed E-state index contributed by atoms with van der Waals surface area (Å²) in [6.07, 6.45) is -0.667. The average molecular weight is 108 g/mol.